The van der Waals surface area contributed by atoms with Gasteiger partial charge >= 0.3 is 5.97 Å². The quantitative estimate of drug-likeness (QED) is 0.727. The number of hydrogen-bond acceptors (Lipinski definition) is 5. The number of furan rings is 1. The summed E-state index contributed by atoms with van der Waals surface area (Å²) in [6.45, 7) is 1.80. The van der Waals surface area contributed by atoms with E-state index < -0.39 is 23.3 Å². The van der Waals surface area contributed by atoms with Gasteiger partial charge in [0.05, 0.1) is 6.26 Å². The van der Waals surface area contributed by atoms with E-state index in [0.29, 0.717) is 30.0 Å². The van der Waals surface area contributed by atoms with Crippen molar-refractivity contribution in [2.24, 2.45) is 0 Å². The second-order valence-corrected chi connectivity index (χ2v) is 7.64. The third-order valence-corrected chi connectivity index (χ3v) is 5.59. The maximum absolute atomic E-state index is 12.7. The minimum absolute atomic E-state index is 0.161. The number of carboxylic acids is 1. The summed E-state index contributed by atoms with van der Waals surface area (Å²) >= 11 is 1.68. The highest BCUT2D eigenvalue weighted by atomic mass is 32.2. The third kappa shape index (κ3) is 4.16. The summed E-state index contributed by atoms with van der Waals surface area (Å²) in [4.78, 5) is 36.6. The zero-order valence-corrected chi connectivity index (χ0v) is 15.6. The fourth-order valence-electron chi connectivity index (χ4n) is 2.89. The molecular formula is C19H20N2O5S. The van der Waals surface area contributed by atoms with Crippen LogP contribution in [0.5, 0.6) is 0 Å². The Morgan fingerprint density at radius 1 is 1.15 bits per heavy atom. The average Bonchev–Trinajstić information content (AvgIpc) is 3.19. The first-order chi connectivity index (χ1) is 12.9. The predicted octanol–water partition coefficient (Wildman–Crippen LogP) is 2.92. The van der Waals surface area contributed by atoms with Crippen LogP contribution in [-0.2, 0) is 4.79 Å². The number of aliphatic carboxylic acids is 1. The van der Waals surface area contributed by atoms with Crippen LogP contribution in [0.4, 0.5) is 5.69 Å². The molecule has 8 heteroatoms. The number of thioether (sulfide) groups is 1. The summed E-state index contributed by atoms with van der Waals surface area (Å²) in [6, 6.07) is 8.01. The number of aryl methyl sites for hydroxylation is 1. The Balaban J connectivity index is 1.79. The maximum atomic E-state index is 12.7. The van der Waals surface area contributed by atoms with Gasteiger partial charge in [0, 0.05) is 11.3 Å². The number of carbonyl (C=O) groups is 3. The molecule has 0 radical (unpaired) electrons. The molecule has 2 amide bonds. The lowest BCUT2D eigenvalue weighted by molar-refractivity contribution is -0.144. The number of carbonyl (C=O) groups excluding carboxylic acids is 2. The number of benzene rings is 1. The van der Waals surface area contributed by atoms with Crippen LogP contribution in [0.25, 0.3) is 0 Å². The molecule has 0 saturated carbocycles. The molecule has 0 spiro atoms. The Morgan fingerprint density at radius 2 is 1.89 bits per heavy atom. The molecule has 1 saturated heterocycles. The van der Waals surface area contributed by atoms with Crippen molar-refractivity contribution in [2.45, 2.75) is 25.3 Å². The van der Waals surface area contributed by atoms with E-state index in [4.69, 9.17) is 4.42 Å². The highest BCUT2D eigenvalue weighted by Gasteiger charge is 2.41. The number of anilines is 1. The van der Waals surface area contributed by atoms with Gasteiger partial charge in [-0.15, -0.1) is 0 Å². The number of nitrogens with one attached hydrogen (secondary N) is 2. The van der Waals surface area contributed by atoms with Gasteiger partial charge in [-0.05, 0) is 61.1 Å². The number of amides is 2. The van der Waals surface area contributed by atoms with Crippen LogP contribution >= 0.6 is 11.8 Å². The summed E-state index contributed by atoms with van der Waals surface area (Å²) in [5.74, 6) is -0.385. The molecule has 0 bridgehead atoms. The minimum atomic E-state index is -1.25. The normalized spacial score (nSPS) is 15.7. The molecule has 2 aromatic rings. The van der Waals surface area contributed by atoms with Crippen molar-refractivity contribution in [3.05, 3.63) is 53.5 Å². The van der Waals surface area contributed by atoms with E-state index in [1.165, 1.54) is 6.26 Å². The van der Waals surface area contributed by atoms with Gasteiger partial charge in [-0.3, -0.25) is 9.59 Å². The van der Waals surface area contributed by atoms with E-state index in [2.05, 4.69) is 10.6 Å². The lowest BCUT2D eigenvalue weighted by Crippen LogP contribution is -2.56. The van der Waals surface area contributed by atoms with Gasteiger partial charge in [0.2, 0.25) is 0 Å². The summed E-state index contributed by atoms with van der Waals surface area (Å²) in [5.41, 5.74) is 0.278. The summed E-state index contributed by atoms with van der Waals surface area (Å²) in [5, 5.41) is 15.0. The zero-order chi connectivity index (χ0) is 19.4. The Labute approximate surface area is 160 Å². The summed E-state index contributed by atoms with van der Waals surface area (Å²) in [6.07, 6.45) is 2.17. The molecule has 3 N–H and O–H groups in total. The van der Waals surface area contributed by atoms with Crippen molar-refractivity contribution in [1.82, 2.24) is 5.32 Å². The van der Waals surface area contributed by atoms with E-state index in [-0.39, 0.29) is 11.3 Å². The molecule has 7 nitrogen and oxygen atoms in total. The van der Waals surface area contributed by atoms with Crippen molar-refractivity contribution >= 4 is 35.2 Å². The molecular weight excluding hydrogens is 368 g/mol. The summed E-state index contributed by atoms with van der Waals surface area (Å²) in [7, 11) is 0. The van der Waals surface area contributed by atoms with E-state index >= 15 is 0 Å². The molecule has 1 aromatic heterocycles. The van der Waals surface area contributed by atoms with E-state index in [1.807, 2.05) is 0 Å². The lowest BCUT2D eigenvalue weighted by atomic mass is 9.91. The van der Waals surface area contributed by atoms with Crippen LogP contribution in [0.3, 0.4) is 0 Å². The molecule has 1 fully saturated rings. The van der Waals surface area contributed by atoms with E-state index in [9.17, 15) is 19.5 Å². The van der Waals surface area contributed by atoms with Gasteiger partial charge in [-0.2, -0.15) is 11.8 Å². The topological polar surface area (TPSA) is 109 Å². The fourth-order valence-corrected chi connectivity index (χ4v) is 4.08. The van der Waals surface area contributed by atoms with Gasteiger partial charge in [0.25, 0.3) is 11.8 Å². The summed E-state index contributed by atoms with van der Waals surface area (Å²) < 4.78 is 5.07. The molecule has 0 aliphatic carbocycles. The Bertz CT molecular complexity index is 857. The first-order valence-electron chi connectivity index (χ1n) is 8.50. The molecule has 2 heterocycles. The molecule has 0 atom stereocenters. The molecule has 0 unspecified atom stereocenters. The van der Waals surface area contributed by atoms with Crippen LogP contribution in [0.1, 0.15) is 39.3 Å². The number of hydrogen-bond donors (Lipinski definition) is 3. The van der Waals surface area contributed by atoms with Crippen molar-refractivity contribution < 1.29 is 23.9 Å². The van der Waals surface area contributed by atoms with Gasteiger partial charge in [0.15, 0.2) is 5.76 Å². The first-order valence-corrected chi connectivity index (χ1v) is 9.66. The number of rotatable bonds is 5. The van der Waals surface area contributed by atoms with Crippen LogP contribution in [-0.4, -0.2) is 39.9 Å². The SMILES string of the molecule is Cc1ccc(C(=O)NC2(C(=O)O)CCSCC2)cc1NC(=O)c1ccco1. The van der Waals surface area contributed by atoms with Crippen molar-refractivity contribution in [2.75, 3.05) is 16.8 Å². The van der Waals surface area contributed by atoms with Gasteiger partial charge in [-0.25, -0.2) is 4.79 Å². The molecule has 1 aliphatic rings. The van der Waals surface area contributed by atoms with Gasteiger partial charge in [0.1, 0.15) is 5.54 Å². The van der Waals surface area contributed by atoms with Crippen molar-refractivity contribution in [3.63, 3.8) is 0 Å². The highest BCUT2D eigenvalue weighted by molar-refractivity contribution is 7.99. The van der Waals surface area contributed by atoms with E-state index in [0.717, 1.165) is 5.56 Å². The largest absolute Gasteiger partial charge is 0.480 e. The van der Waals surface area contributed by atoms with Crippen molar-refractivity contribution in [3.8, 4) is 0 Å². The first kappa shape index (κ1) is 19.0. The Morgan fingerprint density at radius 3 is 2.52 bits per heavy atom. The average molecular weight is 388 g/mol. The highest BCUT2D eigenvalue weighted by Crippen LogP contribution is 2.28. The third-order valence-electron chi connectivity index (χ3n) is 4.60. The van der Waals surface area contributed by atoms with Crippen molar-refractivity contribution in [1.29, 1.82) is 0 Å². The standard InChI is InChI=1S/C19H20N2O5S/c1-12-4-5-13(11-14(12)20-17(23)15-3-2-8-26-15)16(22)21-19(18(24)25)6-9-27-10-7-19/h2-5,8,11H,6-7,9-10H2,1H3,(H,20,23)(H,21,22)(H,24,25). The second-order valence-electron chi connectivity index (χ2n) is 6.41. The van der Waals surface area contributed by atoms with Crippen LogP contribution < -0.4 is 10.6 Å². The number of carboxylic acid groups (broad SMARTS) is 1. The molecule has 1 aliphatic heterocycles. The minimum Gasteiger partial charge on any atom is -0.480 e. The molecule has 142 valence electrons. The smallest absolute Gasteiger partial charge is 0.329 e. The Hall–Kier alpha value is -2.74. The zero-order valence-electron chi connectivity index (χ0n) is 14.8. The Kier molecular flexibility index (Phi) is 5.55. The second kappa shape index (κ2) is 7.87. The van der Waals surface area contributed by atoms with Crippen LogP contribution in [0.2, 0.25) is 0 Å². The lowest BCUT2D eigenvalue weighted by Gasteiger charge is -2.33. The van der Waals surface area contributed by atoms with Gasteiger partial charge in [-0.1, -0.05) is 6.07 Å². The predicted molar refractivity (Wildman–Crippen MR) is 102 cm³/mol. The van der Waals surface area contributed by atoms with Crippen LogP contribution in [0.15, 0.2) is 41.0 Å². The molecule has 27 heavy (non-hydrogen) atoms. The fraction of sp³-hybridized carbons (Fsp3) is 0.316. The molecule has 3 rings (SSSR count). The molecule has 1 aromatic carbocycles. The maximum Gasteiger partial charge on any atom is 0.329 e. The van der Waals surface area contributed by atoms with E-state index in [1.54, 1.807) is 49.0 Å². The van der Waals surface area contributed by atoms with Gasteiger partial charge < -0.3 is 20.2 Å². The van der Waals surface area contributed by atoms with Crippen LogP contribution in [0, 0.1) is 6.92 Å². The monoisotopic (exact) mass is 388 g/mol.